The van der Waals surface area contributed by atoms with Crippen LogP contribution in [0.1, 0.15) is 17.3 Å². The van der Waals surface area contributed by atoms with Crippen LogP contribution in [0.15, 0.2) is 47.4 Å². The summed E-state index contributed by atoms with van der Waals surface area (Å²) in [6.45, 7) is 2.63. The summed E-state index contributed by atoms with van der Waals surface area (Å²) in [4.78, 5) is 23.7. The number of morpholine rings is 1. The third-order valence-corrected chi connectivity index (χ3v) is 6.70. The van der Waals surface area contributed by atoms with Gasteiger partial charge >= 0.3 is 0 Å². The molecule has 0 spiro atoms. The highest BCUT2D eigenvalue weighted by Gasteiger charge is 2.29. The maximum atomic E-state index is 13.0. The molecule has 0 aliphatic carbocycles. The minimum atomic E-state index is -3.80. The minimum absolute atomic E-state index is 0.0116. The molecule has 1 heterocycles. The highest BCUT2D eigenvalue weighted by molar-refractivity contribution is 7.89. The summed E-state index contributed by atoms with van der Waals surface area (Å²) in [5.41, 5.74) is 1.61. The Hall–Kier alpha value is -2.95. The summed E-state index contributed by atoms with van der Waals surface area (Å²) in [7, 11) is -2.40. The van der Waals surface area contributed by atoms with Crippen LogP contribution in [0.25, 0.3) is 0 Å². The lowest BCUT2D eigenvalue weighted by Gasteiger charge is -2.26. The van der Waals surface area contributed by atoms with E-state index in [1.54, 1.807) is 30.3 Å². The van der Waals surface area contributed by atoms with Crippen LogP contribution < -0.4 is 15.4 Å². The number of nitrogens with zero attached hydrogens (tertiary/aromatic N) is 1. The Labute approximate surface area is 181 Å². The maximum absolute atomic E-state index is 13.0. The largest absolute Gasteiger partial charge is 0.495 e. The van der Waals surface area contributed by atoms with Gasteiger partial charge in [-0.1, -0.05) is 0 Å². The normalized spacial score (nSPS) is 14.6. The Balaban J connectivity index is 1.69. The van der Waals surface area contributed by atoms with Gasteiger partial charge in [0.1, 0.15) is 10.6 Å². The lowest BCUT2D eigenvalue weighted by Crippen LogP contribution is -2.40. The van der Waals surface area contributed by atoms with Crippen molar-refractivity contribution in [2.75, 3.05) is 50.6 Å². The van der Waals surface area contributed by atoms with E-state index in [9.17, 15) is 18.0 Å². The first-order valence-corrected chi connectivity index (χ1v) is 11.2. The molecule has 2 N–H and O–H groups in total. The molecular formula is C21H25N3O6S. The van der Waals surface area contributed by atoms with Crippen molar-refractivity contribution >= 4 is 33.1 Å². The molecule has 0 radical (unpaired) electrons. The van der Waals surface area contributed by atoms with Gasteiger partial charge in [-0.2, -0.15) is 4.31 Å². The number of anilines is 2. The van der Waals surface area contributed by atoms with Crippen molar-refractivity contribution in [2.24, 2.45) is 0 Å². The van der Waals surface area contributed by atoms with Crippen LogP contribution in [-0.4, -0.2) is 64.4 Å². The number of nitrogens with one attached hydrogen (secondary N) is 2. The van der Waals surface area contributed by atoms with E-state index >= 15 is 0 Å². The van der Waals surface area contributed by atoms with E-state index in [0.29, 0.717) is 30.2 Å². The summed E-state index contributed by atoms with van der Waals surface area (Å²) in [6.07, 6.45) is 0. The number of sulfonamides is 1. The van der Waals surface area contributed by atoms with Gasteiger partial charge in [0, 0.05) is 30.0 Å². The first kappa shape index (κ1) is 22.7. The minimum Gasteiger partial charge on any atom is -0.495 e. The Morgan fingerprint density at radius 1 is 1.06 bits per heavy atom. The maximum Gasteiger partial charge on any atom is 0.246 e. The number of ether oxygens (including phenoxy) is 2. The number of methoxy groups -OCH3 is 1. The molecule has 3 rings (SSSR count). The molecule has 1 fully saturated rings. The first-order valence-electron chi connectivity index (χ1n) is 9.72. The summed E-state index contributed by atoms with van der Waals surface area (Å²) in [5.74, 6) is -0.185. The molecule has 0 unspecified atom stereocenters. The Morgan fingerprint density at radius 2 is 1.71 bits per heavy atom. The Kier molecular flexibility index (Phi) is 7.26. The number of Topliss-reactive ketones (excluding diaryl/α,β-unsaturated/α-hetero) is 1. The van der Waals surface area contributed by atoms with Gasteiger partial charge in [0.05, 0.1) is 26.9 Å². The number of carbonyl (C=O) groups excluding carboxylic acids is 2. The van der Waals surface area contributed by atoms with E-state index < -0.39 is 10.0 Å². The molecule has 1 aliphatic rings. The van der Waals surface area contributed by atoms with Crippen LogP contribution in [0.2, 0.25) is 0 Å². The topological polar surface area (TPSA) is 114 Å². The van der Waals surface area contributed by atoms with Crippen LogP contribution in [0.4, 0.5) is 11.4 Å². The fraction of sp³-hybridized carbons (Fsp3) is 0.333. The van der Waals surface area contributed by atoms with Crippen LogP contribution >= 0.6 is 0 Å². The van der Waals surface area contributed by atoms with Gasteiger partial charge in [-0.3, -0.25) is 9.59 Å². The average molecular weight is 448 g/mol. The molecule has 0 aromatic heterocycles. The van der Waals surface area contributed by atoms with E-state index in [2.05, 4.69) is 10.6 Å². The molecule has 0 saturated carbocycles. The van der Waals surface area contributed by atoms with Gasteiger partial charge in [-0.15, -0.1) is 0 Å². The number of carbonyl (C=O) groups is 2. The molecule has 0 atom stereocenters. The van der Waals surface area contributed by atoms with Crippen molar-refractivity contribution in [3.05, 3.63) is 48.0 Å². The van der Waals surface area contributed by atoms with E-state index in [-0.39, 0.29) is 42.0 Å². The standard InChI is InChI=1S/C21H25N3O6S/c1-15(25)16-3-5-17(6-4-16)22-14-21(26)23-18-7-8-19(29-2)20(13-18)31(27,28)24-9-11-30-12-10-24/h3-8,13,22H,9-12,14H2,1-2H3,(H,23,26). The molecule has 166 valence electrons. The molecule has 9 nitrogen and oxygen atoms in total. The van der Waals surface area contributed by atoms with E-state index in [0.717, 1.165) is 0 Å². The molecule has 1 aliphatic heterocycles. The third kappa shape index (κ3) is 5.60. The van der Waals surface area contributed by atoms with Gasteiger partial charge in [0.25, 0.3) is 0 Å². The Morgan fingerprint density at radius 3 is 2.32 bits per heavy atom. The number of amides is 1. The van der Waals surface area contributed by atoms with Gasteiger partial charge in [-0.25, -0.2) is 8.42 Å². The average Bonchev–Trinajstić information content (AvgIpc) is 2.78. The fourth-order valence-corrected chi connectivity index (χ4v) is 4.68. The van der Waals surface area contributed by atoms with Crippen molar-refractivity contribution in [1.82, 2.24) is 4.31 Å². The molecule has 31 heavy (non-hydrogen) atoms. The van der Waals surface area contributed by atoms with E-state index in [1.165, 1.54) is 30.5 Å². The predicted octanol–water partition coefficient (Wildman–Crippen LogP) is 1.97. The van der Waals surface area contributed by atoms with Crippen LogP contribution in [0.3, 0.4) is 0 Å². The lowest BCUT2D eigenvalue weighted by atomic mass is 10.1. The van der Waals surface area contributed by atoms with Crippen molar-refractivity contribution in [2.45, 2.75) is 11.8 Å². The smallest absolute Gasteiger partial charge is 0.246 e. The third-order valence-electron chi connectivity index (χ3n) is 4.78. The molecule has 0 bridgehead atoms. The zero-order valence-electron chi connectivity index (χ0n) is 17.4. The second kappa shape index (κ2) is 9.90. The molecule has 1 amide bonds. The number of rotatable bonds is 8. The number of hydrogen-bond acceptors (Lipinski definition) is 7. The zero-order valence-corrected chi connectivity index (χ0v) is 18.2. The molecule has 10 heteroatoms. The van der Waals surface area contributed by atoms with Crippen LogP contribution in [0, 0.1) is 0 Å². The summed E-state index contributed by atoms with van der Waals surface area (Å²) < 4.78 is 37.9. The molecular weight excluding hydrogens is 422 g/mol. The van der Waals surface area contributed by atoms with Crippen molar-refractivity contribution < 1.29 is 27.5 Å². The van der Waals surface area contributed by atoms with Crippen LogP contribution in [-0.2, 0) is 19.6 Å². The zero-order chi connectivity index (χ0) is 22.4. The predicted molar refractivity (Wildman–Crippen MR) is 116 cm³/mol. The first-order chi connectivity index (χ1) is 14.8. The van der Waals surface area contributed by atoms with Crippen molar-refractivity contribution in [1.29, 1.82) is 0 Å². The summed E-state index contributed by atoms with van der Waals surface area (Å²) >= 11 is 0. The highest BCUT2D eigenvalue weighted by Crippen LogP contribution is 2.30. The highest BCUT2D eigenvalue weighted by atomic mass is 32.2. The Bertz CT molecular complexity index is 1050. The van der Waals surface area contributed by atoms with E-state index in [1.807, 2.05) is 0 Å². The number of ketones is 1. The second-order valence-electron chi connectivity index (χ2n) is 6.92. The van der Waals surface area contributed by atoms with Crippen molar-refractivity contribution in [3.63, 3.8) is 0 Å². The quantitative estimate of drug-likeness (QED) is 0.595. The molecule has 2 aromatic rings. The van der Waals surface area contributed by atoms with Crippen LogP contribution in [0.5, 0.6) is 5.75 Å². The van der Waals surface area contributed by atoms with Crippen molar-refractivity contribution in [3.8, 4) is 5.75 Å². The van der Waals surface area contributed by atoms with Gasteiger partial charge < -0.3 is 20.1 Å². The summed E-state index contributed by atoms with van der Waals surface area (Å²) in [5, 5.41) is 5.65. The van der Waals surface area contributed by atoms with E-state index in [4.69, 9.17) is 9.47 Å². The number of benzene rings is 2. The number of hydrogen-bond donors (Lipinski definition) is 2. The SMILES string of the molecule is COc1ccc(NC(=O)CNc2ccc(C(C)=O)cc2)cc1S(=O)(=O)N1CCOCC1. The monoisotopic (exact) mass is 447 g/mol. The lowest BCUT2D eigenvalue weighted by molar-refractivity contribution is -0.114. The van der Waals surface area contributed by atoms with Gasteiger partial charge in [0.2, 0.25) is 15.9 Å². The van der Waals surface area contributed by atoms with Gasteiger partial charge in [-0.05, 0) is 49.4 Å². The molecule has 1 saturated heterocycles. The molecule has 2 aromatic carbocycles. The van der Waals surface area contributed by atoms with Gasteiger partial charge in [0.15, 0.2) is 5.78 Å². The fourth-order valence-electron chi connectivity index (χ4n) is 3.09. The second-order valence-corrected chi connectivity index (χ2v) is 8.82. The summed E-state index contributed by atoms with van der Waals surface area (Å²) in [6, 6.07) is 11.3.